The molecule has 0 aliphatic carbocycles. The van der Waals surface area contributed by atoms with Crippen LogP contribution in [0.2, 0.25) is 0 Å². The van der Waals surface area contributed by atoms with Crippen LogP contribution in [0.15, 0.2) is 72.8 Å². The first-order chi connectivity index (χ1) is 14.9. The number of carbonyl (C=O) groups excluding carboxylic acids is 3. The maximum absolute atomic E-state index is 13.1. The van der Waals surface area contributed by atoms with Crippen LogP contribution in [-0.2, 0) is 14.3 Å². The number of hydrogen-bond acceptors (Lipinski definition) is 4. The highest BCUT2D eigenvalue weighted by Crippen LogP contribution is 2.19. The summed E-state index contributed by atoms with van der Waals surface area (Å²) < 4.78 is 30.9. The number of anilines is 1. The molecule has 2 N–H and O–H groups in total. The van der Waals surface area contributed by atoms with Crippen LogP contribution in [0.4, 0.5) is 14.5 Å². The van der Waals surface area contributed by atoms with Gasteiger partial charge in [0.25, 0.3) is 5.91 Å². The molecule has 0 heterocycles. The van der Waals surface area contributed by atoms with Crippen LogP contribution in [0.1, 0.15) is 10.4 Å². The number of nitrogens with one attached hydrogen (secondary N) is 2. The molecule has 31 heavy (non-hydrogen) atoms. The summed E-state index contributed by atoms with van der Waals surface area (Å²) in [4.78, 5) is 35.7. The monoisotopic (exact) mass is 424 g/mol. The Bertz CT molecular complexity index is 1090. The van der Waals surface area contributed by atoms with Crippen molar-refractivity contribution < 1.29 is 27.9 Å². The molecular formula is C23H18F2N2O4. The molecule has 0 saturated heterocycles. The number of halogens is 2. The van der Waals surface area contributed by atoms with Crippen LogP contribution < -0.4 is 10.6 Å². The van der Waals surface area contributed by atoms with Gasteiger partial charge in [-0.05, 0) is 35.4 Å². The predicted molar refractivity (Wildman–Crippen MR) is 110 cm³/mol. The van der Waals surface area contributed by atoms with E-state index >= 15 is 0 Å². The van der Waals surface area contributed by atoms with E-state index < -0.39 is 42.6 Å². The molecule has 0 spiro atoms. The van der Waals surface area contributed by atoms with Gasteiger partial charge in [0.1, 0.15) is 0 Å². The van der Waals surface area contributed by atoms with Gasteiger partial charge in [-0.3, -0.25) is 9.59 Å². The average molecular weight is 424 g/mol. The highest BCUT2D eigenvalue weighted by Gasteiger charge is 2.12. The fraction of sp³-hybridized carbons (Fsp3) is 0.0870. The molecule has 0 aromatic heterocycles. The first kappa shape index (κ1) is 21.6. The minimum Gasteiger partial charge on any atom is -0.452 e. The minimum absolute atomic E-state index is 0.0449. The number of rotatable bonds is 7. The van der Waals surface area contributed by atoms with Gasteiger partial charge in [-0.1, -0.05) is 42.5 Å². The molecule has 0 fully saturated rings. The standard InChI is InChI=1S/C23H18F2N2O4/c24-19-11-10-18(12-20(19)25)27-21(28)13-26-22(29)14-31-23(30)17-8-6-16(7-9-17)15-4-2-1-3-5-15/h1-12H,13-14H2,(H,26,29)(H,27,28). The summed E-state index contributed by atoms with van der Waals surface area (Å²) in [7, 11) is 0. The van der Waals surface area contributed by atoms with E-state index in [1.807, 2.05) is 30.3 Å². The molecule has 0 aliphatic rings. The lowest BCUT2D eigenvalue weighted by atomic mass is 10.0. The Morgan fingerprint density at radius 3 is 2.13 bits per heavy atom. The number of amides is 2. The third-order valence-electron chi connectivity index (χ3n) is 4.21. The maximum atomic E-state index is 13.1. The van der Waals surface area contributed by atoms with Crippen LogP contribution in [-0.4, -0.2) is 30.9 Å². The summed E-state index contributed by atoms with van der Waals surface area (Å²) in [5.41, 5.74) is 2.26. The van der Waals surface area contributed by atoms with Crippen LogP contribution in [0.3, 0.4) is 0 Å². The minimum atomic E-state index is -1.11. The van der Waals surface area contributed by atoms with Gasteiger partial charge < -0.3 is 15.4 Å². The van der Waals surface area contributed by atoms with Crippen molar-refractivity contribution in [2.24, 2.45) is 0 Å². The number of esters is 1. The molecule has 158 valence electrons. The van der Waals surface area contributed by atoms with Crippen molar-refractivity contribution in [3.8, 4) is 11.1 Å². The Balaban J connectivity index is 1.43. The lowest BCUT2D eigenvalue weighted by molar-refractivity contribution is -0.126. The lowest BCUT2D eigenvalue weighted by Crippen LogP contribution is -2.35. The Morgan fingerprint density at radius 2 is 1.45 bits per heavy atom. The number of benzene rings is 3. The molecule has 3 aromatic carbocycles. The van der Waals surface area contributed by atoms with Crippen LogP contribution in [0.5, 0.6) is 0 Å². The van der Waals surface area contributed by atoms with Gasteiger partial charge in [-0.2, -0.15) is 0 Å². The van der Waals surface area contributed by atoms with Crippen molar-refractivity contribution in [3.05, 3.63) is 90.0 Å². The van der Waals surface area contributed by atoms with E-state index in [2.05, 4.69) is 10.6 Å². The smallest absolute Gasteiger partial charge is 0.338 e. The Hall–Kier alpha value is -4.07. The fourth-order valence-corrected chi connectivity index (χ4v) is 2.65. The van der Waals surface area contributed by atoms with E-state index in [4.69, 9.17) is 4.74 Å². The highest BCUT2D eigenvalue weighted by molar-refractivity contribution is 5.95. The Kier molecular flexibility index (Phi) is 7.05. The van der Waals surface area contributed by atoms with Crippen LogP contribution in [0.25, 0.3) is 11.1 Å². The van der Waals surface area contributed by atoms with E-state index in [0.717, 1.165) is 23.3 Å². The maximum Gasteiger partial charge on any atom is 0.338 e. The second kappa shape index (κ2) is 10.1. The molecular weight excluding hydrogens is 406 g/mol. The third-order valence-corrected chi connectivity index (χ3v) is 4.21. The highest BCUT2D eigenvalue weighted by atomic mass is 19.2. The normalized spacial score (nSPS) is 10.3. The van der Waals surface area contributed by atoms with E-state index in [0.29, 0.717) is 0 Å². The Morgan fingerprint density at radius 1 is 0.774 bits per heavy atom. The first-order valence-electron chi connectivity index (χ1n) is 9.26. The molecule has 0 saturated carbocycles. The van der Waals surface area contributed by atoms with E-state index in [9.17, 15) is 23.2 Å². The largest absolute Gasteiger partial charge is 0.452 e. The molecule has 0 radical (unpaired) electrons. The molecule has 3 rings (SSSR count). The number of carbonyl (C=O) groups is 3. The van der Waals surface area contributed by atoms with E-state index in [-0.39, 0.29) is 11.3 Å². The van der Waals surface area contributed by atoms with Crippen LogP contribution >= 0.6 is 0 Å². The second-order valence-electron chi connectivity index (χ2n) is 6.47. The second-order valence-corrected chi connectivity index (χ2v) is 6.47. The van der Waals surface area contributed by atoms with Crippen molar-refractivity contribution in [2.45, 2.75) is 0 Å². The van der Waals surface area contributed by atoms with Crippen LogP contribution in [0, 0.1) is 11.6 Å². The molecule has 3 aromatic rings. The topological polar surface area (TPSA) is 84.5 Å². The van der Waals surface area contributed by atoms with Gasteiger partial charge in [-0.25, -0.2) is 13.6 Å². The van der Waals surface area contributed by atoms with Gasteiger partial charge in [0.15, 0.2) is 18.2 Å². The summed E-state index contributed by atoms with van der Waals surface area (Å²) in [5, 5.41) is 4.58. The molecule has 8 heteroatoms. The number of ether oxygens (including phenoxy) is 1. The molecule has 0 atom stereocenters. The summed E-state index contributed by atoms with van der Waals surface area (Å²) in [5.74, 6) is -4.16. The van der Waals surface area contributed by atoms with Crippen molar-refractivity contribution in [1.82, 2.24) is 5.32 Å². The lowest BCUT2D eigenvalue weighted by Gasteiger charge is -2.08. The quantitative estimate of drug-likeness (QED) is 0.569. The molecule has 2 amide bonds. The van der Waals surface area contributed by atoms with Gasteiger partial charge in [0.2, 0.25) is 5.91 Å². The summed E-state index contributed by atoms with van der Waals surface area (Å²) in [6.45, 7) is -1.00. The summed E-state index contributed by atoms with van der Waals surface area (Å²) in [6.07, 6.45) is 0. The third kappa shape index (κ3) is 6.20. The molecule has 0 aliphatic heterocycles. The van der Waals surface area contributed by atoms with Crippen molar-refractivity contribution in [1.29, 1.82) is 0 Å². The number of hydrogen-bond donors (Lipinski definition) is 2. The Labute approximate surface area is 176 Å². The van der Waals surface area contributed by atoms with E-state index in [1.54, 1.807) is 24.3 Å². The van der Waals surface area contributed by atoms with Gasteiger partial charge in [0.05, 0.1) is 12.1 Å². The van der Waals surface area contributed by atoms with Crippen molar-refractivity contribution in [2.75, 3.05) is 18.5 Å². The molecule has 0 unspecified atom stereocenters. The average Bonchev–Trinajstić information content (AvgIpc) is 2.79. The zero-order chi connectivity index (χ0) is 22.2. The van der Waals surface area contributed by atoms with E-state index in [1.165, 1.54) is 6.07 Å². The van der Waals surface area contributed by atoms with Crippen molar-refractivity contribution >= 4 is 23.5 Å². The first-order valence-corrected chi connectivity index (χ1v) is 9.26. The summed E-state index contributed by atoms with van der Waals surface area (Å²) >= 11 is 0. The SMILES string of the molecule is O=C(COC(=O)c1ccc(-c2ccccc2)cc1)NCC(=O)Nc1ccc(F)c(F)c1. The van der Waals surface area contributed by atoms with Crippen molar-refractivity contribution in [3.63, 3.8) is 0 Å². The molecule has 0 bridgehead atoms. The zero-order valence-electron chi connectivity index (χ0n) is 16.2. The van der Waals surface area contributed by atoms with Gasteiger partial charge in [-0.15, -0.1) is 0 Å². The van der Waals surface area contributed by atoms with Gasteiger partial charge >= 0.3 is 5.97 Å². The fourth-order valence-electron chi connectivity index (χ4n) is 2.65. The molecule has 6 nitrogen and oxygen atoms in total. The van der Waals surface area contributed by atoms with Gasteiger partial charge in [0, 0.05) is 11.8 Å². The summed E-state index contributed by atoms with van der Waals surface area (Å²) in [6, 6.07) is 19.2. The zero-order valence-corrected chi connectivity index (χ0v) is 16.2. The predicted octanol–water partition coefficient (Wildman–Crippen LogP) is 3.54.